The summed E-state index contributed by atoms with van der Waals surface area (Å²) in [6.07, 6.45) is 0. The van der Waals surface area contributed by atoms with Gasteiger partial charge in [0.25, 0.3) is 5.56 Å². The Morgan fingerprint density at radius 3 is 2.39 bits per heavy atom. The van der Waals surface area contributed by atoms with Crippen molar-refractivity contribution in [2.75, 3.05) is 11.9 Å². The molecule has 2 N–H and O–H groups in total. The first-order valence-electron chi connectivity index (χ1n) is 10.3. The summed E-state index contributed by atoms with van der Waals surface area (Å²) in [4.78, 5) is 29.6. The first-order valence-corrected chi connectivity index (χ1v) is 10.3. The highest BCUT2D eigenvalue weighted by molar-refractivity contribution is 5.92. The molecule has 6 heteroatoms. The standard InChI is InChI=1S/C25H24N4O2/c1-3-26-25(31)28-21-13-14-23-22(15-21)24(30)29(17(2)27-23)16-18-9-11-20(12-10-18)19-7-5-4-6-8-19/h4-15H,3,16H2,1-2H3,(H2,26,28,31). The van der Waals surface area contributed by atoms with Gasteiger partial charge < -0.3 is 10.6 Å². The highest BCUT2D eigenvalue weighted by Crippen LogP contribution is 2.20. The summed E-state index contributed by atoms with van der Waals surface area (Å²) in [5, 5.41) is 5.89. The monoisotopic (exact) mass is 412 g/mol. The highest BCUT2D eigenvalue weighted by Gasteiger charge is 2.11. The molecule has 31 heavy (non-hydrogen) atoms. The van der Waals surface area contributed by atoms with Gasteiger partial charge in [0.1, 0.15) is 5.82 Å². The van der Waals surface area contributed by atoms with Crippen LogP contribution in [0.1, 0.15) is 18.3 Å². The van der Waals surface area contributed by atoms with Crippen molar-refractivity contribution in [3.63, 3.8) is 0 Å². The van der Waals surface area contributed by atoms with Crippen LogP contribution in [0.15, 0.2) is 77.6 Å². The molecule has 1 heterocycles. The Morgan fingerprint density at radius 1 is 0.968 bits per heavy atom. The number of rotatable bonds is 5. The lowest BCUT2D eigenvalue weighted by Crippen LogP contribution is -2.28. The van der Waals surface area contributed by atoms with E-state index in [1.807, 2.05) is 44.2 Å². The summed E-state index contributed by atoms with van der Waals surface area (Å²) in [5.74, 6) is 0.647. The van der Waals surface area contributed by atoms with Gasteiger partial charge in [0.05, 0.1) is 17.4 Å². The molecule has 6 nitrogen and oxygen atoms in total. The molecule has 0 aliphatic heterocycles. The van der Waals surface area contributed by atoms with E-state index in [9.17, 15) is 9.59 Å². The number of carbonyl (C=O) groups excluding carboxylic acids is 1. The van der Waals surface area contributed by atoms with Gasteiger partial charge in [-0.2, -0.15) is 0 Å². The lowest BCUT2D eigenvalue weighted by Gasteiger charge is -2.12. The molecule has 0 radical (unpaired) electrons. The zero-order valence-corrected chi connectivity index (χ0v) is 17.6. The minimum absolute atomic E-state index is 0.130. The van der Waals surface area contributed by atoms with Crippen molar-refractivity contribution in [2.24, 2.45) is 0 Å². The minimum atomic E-state index is -0.305. The van der Waals surface area contributed by atoms with Crippen LogP contribution in [-0.4, -0.2) is 22.1 Å². The summed E-state index contributed by atoms with van der Waals surface area (Å²) in [6.45, 7) is 4.63. The van der Waals surface area contributed by atoms with Gasteiger partial charge in [-0.1, -0.05) is 54.6 Å². The van der Waals surface area contributed by atoms with Crippen LogP contribution in [0, 0.1) is 6.92 Å². The average molecular weight is 412 g/mol. The van der Waals surface area contributed by atoms with E-state index in [1.165, 1.54) is 0 Å². The molecule has 0 aliphatic rings. The van der Waals surface area contributed by atoms with Crippen molar-refractivity contribution in [2.45, 2.75) is 20.4 Å². The molecule has 0 saturated heterocycles. The maximum atomic E-state index is 13.2. The van der Waals surface area contributed by atoms with Crippen LogP contribution in [0.3, 0.4) is 0 Å². The fourth-order valence-electron chi connectivity index (χ4n) is 3.55. The lowest BCUT2D eigenvalue weighted by atomic mass is 10.0. The van der Waals surface area contributed by atoms with Gasteiger partial charge in [0, 0.05) is 12.2 Å². The molecule has 0 aliphatic carbocycles. The van der Waals surface area contributed by atoms with E-state index in [2.05, 4.69) is 39.9 Å². The predicted molar refractivity (Wildman–Crippen MR) is 124 cm³/mol. The van der Waals surface area contributed by atoms with Gasteiger partial charge in [-0.15, -0.1) is 0 Å². The van der Waals surface area contributed by atoms with Crippen LogP contribution in [0.4, 0.5) is 10.5 Å². The second kappa shape index (κ2) is 8.83. The number of anilines is 1. The fourth-order valence-corrected chi connectivity index (χ4v) is 3.55. The van der Waals surface area contributed by atoms with Crippen molar-refractivity contribution in [1.29, 1.82) is 0 Å². The number of benzene rings is 3. The second-order valence-corrected chi connectivity index (χ2v) is 7.33. The van der Waals surface area contributed by atoms with E-state index < -0.39 is 0 Å². The summed E-state index contributed by atoms with van der Waals surface area (Å²) < 4.78 is 1.66. The molecule has 4 rings (SSSR count). The lowest BCUT2D eigenvalue weighted by molar-refractivity contribution is 0.252. The molecule has 4 aromatic rings. The smallest absolute Gasteiger partial charge is 0.319 e. The number of aromatic nitrogens is 2. The Kier molecular flexibility index (Phi) is 5.80. The minimum Gasteiger partial charge on any atom is -0.338 e. The Labute approximate surface area is 180 Å². The van der Waals surface area contributed by atoms with E-state index in [-0.39, 0.29) is 11.6 Å². The maximum Gasteiger partial charge on any atom is 0.319 e. The zero-order valence-electron chi connectivity index (χ0n) is 17.6. The van der Waals surface area contributed by atoms with Gasteiger partial charge >= 0.3 is 6.03 Å². The Morgan fingerprint density at radius 2 is 1.68 bits per heavy atom. The first kappa shape index (κ1) is 20.3. The average Bonchev–Trinajstić information content (AvgIpc) is 2.78. The molecule has 0 atom stereocenters. The van der Waals surface area contributed by atoms with Crippen LogP contribution in [0.2, 0.25) is 0 Å². The Balaban J connectivity index is 1.64. The number of urea groups is 1. The molecule has 156 valence electrons. The van der Waals surface area contributed by atoms with Crippen LogP contribution >= 0.6 is 0 Å². The van der Waals surface area contributed by atoms with Crippen LogP contribution in [0.25, 0.3) is 22.0 Å². The summed E-state index contributed by atoms with van der Waals surface area (Å²) >= 11 is 0. The third-order valence-corrected chi connectivity index (χ3v) is 5.14. The van der Waals surface area contributed by atoms with Crippen molar-refractivity contribution < 1.29 is 4.79 Å². The Bertz CT molecular complexity index is 1280. The highest BCUT2D eigenvalue weighted by atomic mass is 16.2. The number of hydrogen-bond donors (Lipinski definition) is 2. The molecule has 0 fully saturated rings. The maximum absolute atomic E-state index is 13.2. The molecule has 3 aromatic carbocycles. The van der Waals surface area contributed by atoms with Gasteiger partial charge in [0.2, 0.25) is 0 Å². The van der Waals surface area contributed by atoms with E-state index in [0.29, 0.717) is 35.5 Å². The number of fused-ring (bicyclic) bond motifs is 1. The topological polar surface area (TPSA) is 76.0 Å². The summed E-state index contributed by atoms with van der Waals surface area (Å²) in [7, 11) is 0. The third-order valence-electron chi connectivity index (χ3n) is 5.14. The third kappa shape index (κ3) is 4.48. The molecular formula is C25H24N4O2. The number of aryl methyl sites for hydroxylation is 1. The largest absolute Gasteiger partial charge is 0.338 e. The summed E-state index contributed by atoms with van der Waals surface area (Å²) in [6, 6.07) is 23.2. The van der Waals surface area contributed by atoms with Gasteiger partial charge in [-0.3, -0.25) is 9.36 Å². The molecule has 2 amide bonds. The first-order chi connectivity index (χ1) is 15.0. The predicted octanol–water partition coefficient (Wildman–Crippen LogP) is 4.56. The number of nitrogens with zero attached hydrogens (tertiary/aromatic N) is 2. The zero-order chi connectivity index (χ0) is 21.8. The van der Waals surface area contributed by atoms with E-state index in [0.717, 1.165) is 16.7 Å². The quantitative estimate of drug-likeness (QED) is 0.504. The Hall–Kier alpha value is -3.93. The molecule has 0 unspecified atom stereocenters. The van der Waals surface area contributed by atoms with E-state index >= 15 is 0 Å². The molecule has 0 spiro atoms. The van der Waals surface area contributed by atoms with Crippen molar-refractivity contribution >= 4 is 22.6 Å². The van der Waals surface area contributed by atoms with E-state index in [1.54, 1.807) is 22.8 Å². The van der Waals surface area contributed by atoms with Crippen LogP contribution in [0.5, 0.6) is 0 Å². The molecular weight excluding hydrogens is 388 g/mol. The fraction of sp³-hybridized carbons (Fsp3) is 0.160. The number of amides is 2. The van der Waals surface area contributed by atoms with Crippen molar-refractivity contribution in [3.8, 4) is 11.1 Å². The van der Waals surface area contributed by atoms with Gasteiger partial charge in [-0.05, 0) is 48.7 Å². The molecule has 0 bridgehead atoms. The van der Waals surface area contributed by atoms with Crippen LogP contribution in [-0.2, 0) is 6.54 Å². The number of carbonyl (C=O) groups is 1. The van der Waals surface area contributed by atoms with Crippen molar-refractivity contribution in [1.82, 2.24) is 14.9 Å². The second-order valence-electron chi connectivity index (χ2n) is 7.33. The molecule has 0 saturated carbocycles. The number of nitrogens with one attached hydrogen (secondary N) is 2. The normalized spacial score (nSPS) is 10.8. The molecule has 1 aromatic heterocycles. The summed E-state index contributed by atoms with van der Waals surface area (Å²) in [5.41, 5.74) is 4.34. The van der Waals surface area contributed by atoms with Gasteiger partial charge in [-0.25, -0.2) is 9.78 Å². The van der Waals surface area contributed by atoms with Crippen LogP contribution < -0.4 is 16.2 Å². The van der Waals surface area contributed by atoms with E-state index in [4.69, 9.17) is 0 Å². The SMILES string of the molecule is CCNC(=O)Nc1ccc2nc(C)n(Cc3ccc(-c4ccccc4)cc3)c(=O)c2c1. The number of hydrogen-bond acceptors (Lipinski definition) is 3. The van der Waals surface area contributed by atoms with Gasteiger partial charge in [0.15, 0.2) is 0 Å². The van der Waals surface area contributed by atoms with Crippen molar-refractivity contribution in [3.05, 3.63) is 94.5 Å².